The molecule has 1 aliphatic rings. The minimum absolute atomic E-state index is 0.175. The number of amides is 1. The summed E-state index contributed by atoms with van der Waals surface area (Å²) < 4.78 is 11.3. The highest BCUT2D eigenvalue weighted by Crippen LogP contribution is 2.23. The number of aliphatic hydroxyl groups is 5. The number of unbranched alkanes of at least 4 members (excludes halogenated alkanes) is 41. The maximum atomic E-state index is 13.1. The van der Waals surface area contributed by atoms with E-state index in [2.05, 4.69) is 43.5 Å². The van der Waals surface area contributed by atoms with Crippen LogP contribution < -0.4 is 5.32 Å². The molecular formula is C64H121NO8. The lowest BCUT2D eigenvalue weighted by Crippen LogP contribution is -2.60. The second-order valence-corrected chi connectivity index (χ2v) is 22.2. The van der Waals surface area contributed by atoms with Crippen LogP contribution in [0.15, 0.2) is 36.5 Å². The monoisotopic (exact) mass is 1030 g/mol. The van der Waals surface area contributed by atoms with Gasteiger partial charge in [0.1, 0.15) is 24.4 Å². The first-order valence-electron chi connectivity index (χ1n) is 31.7. The Balaban J connectivity index is 2.18. The van der Waals surface area contributed by atoms with Crippen LogP contribution in [0, 0.1) is 0 Å². The van der Waals surface area contributed by atoms with Crippen molar-refractivity contribution < 1.29 is 39.8 Å². The average Bonchev–Trinajstić information content (AvgIpc) is 3.39. The highest BCUT2D eigenvalue weighted by molar-refractivity contribution is 5.76. The number of hydrogen-bond acceptors (Lipinski definition) is 8. The van der Waals surface area contributed by atoms with Gasteiger partial charge in [-0.3, -0.25) is 4.79 Å². The molecule has 430 valence electrons. The summed E-state index contributed by atoms with van der Waals surface area (Å²) in [6.07, 6.45) is 63.6. The zero-order valence-electron chi connectivity index (χ0n) is 47.9. The smallest absolute Gasteiger partial charge is 0.220 e. The second kappa shape index (κ2) is 53.8. The molecule has 0 aromatic carbocycles. The molecule has 7 atom stereocenters. The van der Waals surface area contributed by atoms with Crippen LogP contribution in [0.3, 0.4) is 0 Å². The summed E-state index contributed by atoms with van der Waals surface area (Å²) in [6.45, 7) is 3.81. The van der Waals surface area contributed by atoms with E-state index in [0.717, 1.165) is 44.9 Å². The zero-order chi connectivity index (χ0) is 52.9. The van der Waals surface area contributed by atoms with Crippen molar-refractivity contribution in [3.8, 4) is 0 Å². The van der Waals surface area contributed by atoms with Crippen molar-refractivity contribution in [1.29, 1.82) is 0 Å². The van der Waals surface area contributed by atoms with Gasteiger partial charge in [-0.1, -0.05) is 288 Å². The van der Waals surface area contributed by atoms with E-state index in [4.69, 9.17) is 9.47 Å². The molecule has 6 N–H and O–H groups in total. The topological polar surface area (TPSA) is 149 Å². The van der Waals surface area contributed by atoms with Gasteiger partial charge in [0.2, 0.25) is 5.91 Å². The van der Waals surface area contributed by atoms with Gasteiger partial charge in [0, 0.05) is 6.42 Å². The third-order valence-electron chi connectivity index (χ3n) is 15.2. The Morgan fingerprint density at radius 3 is 1.18 bits per heavy atom. The molecule has 0 radical (unpaired) electrons. The molecular weight excluding hydrogens is 911 g/mol. The van der Waals surface area contributed by atoms with Gasteiger partial charge in [0.15, 0.2) is 6.29 Å². The number of rotatable bonds is 55. The van der Waals surface area contributed by atoms with Crippen LogP contribution in [-0.4, -0.2) is 87.5 Å². The molecule has 9 nitrogen and oxygen atoms in total. The number of carbonyl (C=O) groups excluding carboxylic acids is 1. The van der Waals surface area contributed by atoms with Gasteiger partial charge in [0.25, 0.3) is 0 Å². The summed E-state index contributed by atoms with van der Waals surface area (Å²) in [7, 11) is 0. The highest BCUT2D eigenvalue weighted by atomic mass is 16.7. The molecule has 1 fully saturated rings. The fourth-order valence-corrected chi connectivity index (χ4v) is 10.2. The molecule has 0 aliphatic carbocycles. The first-order valence-corrected chi connectivity index (χ1v) is 31.7. The van der Waals surface area contributed by atoms with Crippen LogP contribution in [0.5, 0.6) is 0 Å². The summed E-state index contributed by atoms with van der Waals surface area (Å²) in [5, 5.41) is 54.7. The van der Waals surface area contributed by atoms with E-state index in [1.807, 2.05) is 6.08 Å². The summed E-state index contributed by atoms with van der Waals surface area (Å²) >= 11 is 0. The molecule has 73 heavy (non-hydrogen) atoms. The molecule has 0 bridgehead atoms. The lowest BCUT2D eigenvalue weighted by atomic mass is 9.99. The molecule has 1 aliphatic heterocycles. The van der Waals surface area contributed by atoms with E-state index >= 15 is 0 Å². The second-order valence-electron chi connectivity index (χ2n) is 22.2. The molecule has 0 aromatic heterocycles. The number of allylic oxidation sites excluding steroid dienone is 5. The first kappa shape index (κ1) is 69.4. The molecule has 1 amide bonds. The van der Waals surface area contributed by atoms with Gasteiger partial charge < -0.3 is 40.3 Å². The summed E-state index contributed by atoms with van der Waals surface area (Å²) in [4.78, 5) is 13.1. The van der Waals surface area contributed by atoms with Crippen molar-refractivity contribution in [1.82, 2.24) is 5.32 Å². The number of hydrogen-bond donors (Lipinski definition) is 6. The Hall–Kier alpha value is -1.59. The minimum Gasteiger partial charge on any atom is -0.394 e. The zero-order valence-corrected chi connectivity index (χ0v) is 47.9. The van der Waals surface area contributed by atoms with Crippen LogP contribution in [-0.2, 0) is 14.3 Å². The molecule has 0 saturated carbocycles. The number of nitrogens with one attached hydrogen (secondary N) is 1. The fraction of sp³-hybridized carbons (Fsp3) is 0.891. The molecule has 1 saturated heterocycles. The Kier molecular flexibility index (Phi) is 51.2. The lowest BCUT2D eigenvalue weighted by molar-refractivity contribution is -0.302. The molecule has 0 aromatic rings. The van der Waals surface area contributed by atoms with E-state index < -0.39 is 49.5 Å². The summed E-state index contributed by atoms with van der Waals surface area (Å²) in [6, 6.07) is -0.807. The van der Waals surface area contributed by atoms with Gasteiger partial charge in [0.05, 0.1) is 25.4 Å². The van der Waals surface area contributed by atoms with E-state index in [1.165, 1.54) is 244 Å². The maximum Gasteiger partial charge on any atom is 0.220 e. The number of ether oxygens (including phenoxy) is 2. The fourth-order valence-electron chi connectivity index (χ4n) is 10.2. The van der Waals surface area contributed by atoms with Crippen molar-refractivity contribution >= 4 is 5.91 Å². The van der Waals surface area contributed by atoms with Crippen LogP contribution in [0.2, 0.25) is 0 Å². The van der Waals surface area contributed by atoms with Crippen molar-refractivity contribution in [2.24, 2.45) is 0 Å². The average molecular weight is 1030 g/mol. The number of carbonyl (C=O) groups is 1. The van der Waals surface area contributed by atoms with Crippen LogP contribution in [0.25, 0.3) is 0 Å². The third-order valence-corrected chi connectivity index (χ3v) is 15.2. The standard InChI is InChI=1S/C64H121NO8/c1-3-5-7-9-11-13-15-17-19-21-23-25-27-28-29-30-32-33-35-37-39-41-43-45-47-49-51-53-58(67)57(56-72-64-63(71)62(70)61(69)59(55-66)73-64)65-60(68)54-52-50-48-46-44-42-40-38-36-34-31-26-24-22-20-18-16-14-12-10-8-6-4-2/h16,18,22,24,51,53,57-59,61-64,66-67,69-71H,3-15,17,19-21,23,25-50,52,54-56H2,1-2H3,(H,65,68)/b18-16-,24-22-,53-51+. The van der Waals surface area contributed by atoms with Gasteiger partial charge in [-0.2, -0.15) is 0 Å². The summed E-state index contributed by atoms with van der Waals surface area (Å²) in [5.74, 6) is -0.175. The quantitative estimate of drug-likeness (QED) is 0.0261. The van der Waals surface area contributed by atoms with Crippen molar-refractivity contribution in [3.05, 3.63) is 36.5 Å². The number of aliphatic hydroxyl groups excluding tert-OH is 5. The Labute approximate surface area is 451 Å². The molecule has 7 unspecified atom stereocenters. The Morgan fingerprint density at radius 1 is 0.466 bits per heavy atom. The van der Waals surface area contributed by atoms with Gasteiger partial charge in [-0.25, -0.2) is 0 Å². The lowest BCUT2D eigenvalue weighted by Gasteiger charge is -2.40. The molecule has 0 spiro atoms. The predicted molar refractivity (Wildman–Crippen MR) is 309 cm³/mol. The van der Waals surface area contributed by atoms with Crippen molar-refractivity contribution in [2.45, 2.75) is 352 Å². The third kappa shape index (κ3) is 43.1. The van der Waals surface area contributed by atoms with Crippen LogP contribution in [0.1, 0.15) is 309 Å². The normalized spacial score (nSPS) is 19.2. The van der Waals surface area contributed by atoms with Gasteiger partial charge >= 0.3 is 0 Å². The van der Waals surface area contributed by atoms with E-state index in [9.17, 15) is 30.3 Å². The van der Waals surface area contributed by atoms with E-state index in [1.54, 1.807) is 6.08 Å². The molecule has 1 rings (SSSR count). The highest BCUT2D eigenvalue weighted by Gasteiger charge is 2.44. The van der Waals surface area contributed by atoms with E-state index in [-0.39, 0.29) is 12.5 Å². The van der Waals surface area contributed by atoms with Crippen molar-refractivity contribution in [2.75, 3.05) is 13.2 Å². The summed E-state index contributed by atoms with van der Waals surface area (Å²) in [5.41, 5.74) is 0. The van der Waals surface area contributed by atoms with Crippen LogP contribution in [0.4, 0.5) is 0 Å². The maximum absolute atomic E-state index is 13.1. The largest absolute Gasteiger partial charge is 0.394 e. The SMILES string of the molecule is CCCCCCC/C=C\C/C=C\CCCCCCCCCCCCCC(=O)NC(COC1OC(CO)C(O)C(O)C1O)C(O)/C=C/CCCCCCCCCCCCCCCCCCCCCCCCCCC. The van der Waals surface area contributed by atoms with Gasteiger partial charge in [-0.05, 0) is 51.4 Å². The molecule has 1 heterocycles. The van der Waals surface area contributed by atoms with Crippen molar-refractivity contribution in [3.63, 3.8) is 0 Å². The van der Waals surface area contributed by atoms with E-state index in [0.29, 0.717) is 6.42 Å². The van der Waals surface area contributed by atoms with Gasteiger partial charge in [-0.15, -0.1) is 0 Å². The Bertz CT molecular complexity index is 1240. The minimum atomic E-state index is -1.57. The predicted octanol–water partition coefficient (Wildman–Crippen LogP) is 16.3. The first-order chi connectivity index (χ1) is 35.8. The molecule has 9 heteroatoms. The van der Waals surface area contributed by atoms with Crippen LogP contribution >= 0.6 is 0 Å². The Morgan fingerprint density at radius 2 is 0.808 bits per heavy atom.